The van der Waals surface area contributed by atoms with Crippen molar-refractivity contribution in [2.75, 3.05) is 25.7 Å². The number of nitrogen functional groups attached to an aromatic ring is 1. The van der Waals surface area contributed by atoms with Gasteiger partial charge in [0, 0.05) is 30.4 Å². The van der Waals surface area contributed by atoms with Crippen LogP contribution in [0.4, 0.5) is 5.82 Å². The SMILES string of the molecule is COCCN(C(C)C)S(=O)(=O)c1cc(Br)cnc1NN. The average molecular weight is 367 g/mol. The Balaban J connectivity index is 3.28. The highest BCUT2D eigenvalue weighted by atomic mass is 79.9. The van der Waals surface area contributed by atoms with Gasteiger partial charge in [-0.3, -0.25) is 0 Å². The summed E-state index contributed by atoms with van der Waals surface area (Å²) in [5.41, 5.74) is 2.31. The number of halogens is 1. The molecule has 114 valence electrons. The molecule has 0 saturated heterocycles. The van der Waals surface area contributed by atoms with E-state index in [0.29, 0.717) is 11.1 Å². The zero-order valence-corrected chi connectivity index (χ0v) is 14.0. The number of hydrogen-bond donors (Lipinski definition) is 2. The molecule has 0 bridgehead atoms. The van der Waals surface area contributed by atoms with Gasteiger partial charge in [0.15, 0.2) is 5.82 Å². The summed E-state index contributed by atoms with van der Waals surface area (Å²) in [5.74, 6) is 5.45. The third-order valence-corrected chi connectivity index (χ3v) is 5.16. The van der Waals surface area contributed by atoms with E-state index in [1.54, 1.807) is 13.8 Å². The molecule has 0 unspecified atom stereocenters. The van der Waals surface area contributed by atoms with Crippen molar-refractivity contribution >= 4 is 31.8 Å². The maximum atomic E-state index is 12.7. The van der Waals surface area contributed by atoms with E-state index in [4.69, 9.17) is 10.6 Å². The molecule has 0 saturated carbocycles. The van der Waals surface area contributed by atoms with Crippen LogP contribution in [-0.2, 0) is 14.8 Å². The van der Waals surface area contributed by atoms with Gasteiger partial charge in [-0.15, -0.1) is 0 Å². The summed E-state index contributed by atoms with van der Waals surface area (Å²) in [6.45, 7) is 4.17. The van der Waals surface area contributed by atoms with E-state index in [0.717, 1.165) is 0 Å². The molecule has 20 heavy (non-hydrogen) atoms. The summed E-state index contributed by atoms with van der Waals surface area (Å²) in [4.78, 5) is 3.99. The fraction of sp³-hybridized carbons (Fsp3) is 0.545. The number of anilines is 1. The van der Waals surface area contributed by atoms with Crippen LogP contribution in [0.3, 0.4) is 0 Å². The molecule has 1 aromatic heterocycles. The van der Waals surface area contributed by atoms with E-state index in [1.807, 2.05) is 0 Å². The number of hydrazine groups is 1. The first-order valence-electron chi connectivity index (χ1n) is 5.97. The van der Waals surface area contributed by atoms with Gasteiger partial charge in [-0.25, -0.2) is 19.2 Å². The number of ether oxygens (including phenoxy) is 1. The van der Waals surface area contributed by atoms with Crippen molar-refractivity contribution in [1.82, 2.24) is 9.29 Å². The molecule has 0 aromatic carbocycles. The minimum Gasteiger partial charge on any atom is -0.383 e. The molecule has 1 aromatic rings. The number of nitrogens with zero attached hydrogens (tertiary/aromatic N) is 2. The van der Waals surface area contributed by atoms with Crippen LogP contribution in [-0.4, -0.2) is 44.0 Å². The number of sulfonamides is 1. The summed E-state index contributed by atoms with van der Waals surface area (Å²) in [5, 5.41) is 0. The number of aromatic nitrogens is 1. The van der Waals surface area contributed by atoms with Gasteiger partial charge in [-0.2, -0.15) is 4.31 Å². The second-order valence-corrected chi connectivity index (χ2v) is 7.12. The maximum absolute atomic E-state index is 12.7. The van der Waals surface area contributed by atoms with Crippen LogP contribution in [0.15, 0.2) is 21.6 Å². The van der Waals surface area contributed by atoms with Crippen LogP contribution in [0.25, 0.3) is 0 Å². The molecule has 0 aliphatic heterocycles. The zero-order chi connectivity index (χ0) is 15.3. The fourth-order valence-corrected chi connectivity index (χ4v) is 3.93. The average Bonchev–Trinajstić information content (AvgIpc) is 2.38. The number of nitrogens with two attached hydrogens (primary N) is 1. The van der Waals surface area contributed by atoms with Crippen LogP contribution >= 0.6 is 15.9 Å². The Hall–Kier alpha value is -0.740. The van der Waals surface area contributed by atoms with Crippen molar-refractivity contribution in [3.63, 3.8) is 0 Å². The van der Waals surface area contributed by atoms with Gasteiger partial charge < -0.3 is 10.2 Å². The molecule has 0 fully saturated rings. The van der Waals surface area contributed by atoms with E-state index in [9.17, 15) is 8.42 Å². The molecular weight excluding hydrogens is 348 g/mol. The number of rotatable bonds is 7. The molecule has 1 heterocycles. The summed E-state index contributed by atoms with van der Waals surface area (Å²) < 4.78 is 32.3. The predicted molar refractivity (Wildman–Crippen MR) is 80.7 cm³/mol. The van der Waals surface area contributed by atoms with Gasteiger partial charge in [0.1, 0.15) is 4.90 Å². The van der Waals surface area contributed by atoms with E-state index >= 15 is 0 Å². The number of hydrogen-bond acceptors (Lipinski definition) is 6. The second-order valence-electron chi connectivity index (χ2n) is 4.35. The zero-order valence-electron chi connectivity index (χ0n) is 11.6. The Bertz CT molecular complexity index is 551. The van der Waals surface area contributed by atoms with Gasteiger partial charge >= 0.3 is 0 Å². The monoisotopic (exact) mass is 366 g/mol. The third-order valence-electron chi connectivity index (χ3n) is 2.63. The summed E-state index contributed by atoms with van der Waals surface area (Å²) in [6.07, 6.45) is 1.48. The smallest absolute Gasteiger partial charge is 0.247 e. The minimum atomic E-state index is -3.72. The van der Waals surface area contributed by atoms with Crippen molar-refractivity contribution in [3.05, 3.63) is 16.7 Å². The van der Waals surface area contributed by atoms with Crippen LogP contribution < -0.4 is 11.3 Å². The highest BCUT2D eigenvalue weighted by Gasteiger charge is 2.29. The Labute approximate surface area is 127 Å². The topological polar surface area (TPSA) is 97.5 Å². The lowest BCUT2D eigenvalue weighted by Crippen LogP contribution is -2.39. The van der Waals surface area contributed by atoms with Crippen molar-refractivity contribution < 1.29 is 13.2 Å². The molecule has 3 N–H and O–H groups in total. The third kappa shape index (κ3) is 3.89. The minimum absolute atomic E-state index is 0.0270. The molecule has 0 aliphatic rings. The molecule has 7 nitrogen and oxygen atoms in total. The molecule has 0 radical (unpaired) electrons. The normalized spacial score (nSPS) is 12.2. The summed E-state index contributed by atoms with van der Waals surface area (Å²) in [7, 11) is -2.19. The standard InChI is InChI=1S/C11H19BrN4O3S/c1-8(2)16(4-5-19-3)20(17,18)10-6-9(12)7-14-11(10)15-13/h6-8H,4-5,13H2,1-3H3,(H,14,15). The van der Waals surface area contributed by atoms with Crippen LogP contribution in [0.5, 0.6) is 0 Å². The molecule has 1 rings (SSSR count). The lowest BCUT2D eigenvalue weighted by molar-refractivity contribution is 0.171. The highest BCUT2D eigenvalue weighted by molar-refractivity contribution is 9.10. The van der Waals surface area contributed by atoms with E-state index in [-0.39, 0.29) is 23.3 Å². The van der Waals surface area contributed by atoms with Crippen molar-refractivity contribution in [3.8, 4) is 0 Å². The highest BCUT2D eigenvalue weighted by Crippen LogP contribution is 2.26. The maximum Gasteiger partial charge on any atom is 0.247 e. The van der Waals surface area contributed by atoms with Crippen molar-refractivity contribution in [1.29, 1.82) is 0 Å². The van der Waals surface area contributed by atoms with E-state index in [2.05, 4.69) is 26.3 Å². The lowest BCUT2D eigenvalue weighted by atomic mass is 10.4. The molecule has 0 spiro atoms. The number of methoxy groups -OCH3 is 1. The molecule has 9 heteroatoms. The predicted octanol–water partition coefficient (Wildman–Crippen LogP) is 1.18. The van der Waals surface area contributed by atoms with Crippen molar-refractivity contribution in [2.45, 2.75) is 24.8 Å². The Morgan fingerprint density at radius 3 is 2.70 bits per heavy atom. The first-order chi connectivity index (χ1) is 9.34. The van der Waals surface area contributed by atoms with Crippen LogP contribution in [0.1, 0.15) is 13.8 Å². The van der Waals surface area contributed by atoms with E-state index < -0.39 is 10.0 Å². The number of pyridine rings is 1. The number of nitrogens with one attached hydrogen (secondary N) is 1. The molecule has 0 atom stereocenters. The van der Waals surface area contributed by atoms with Gasteiger partial charge in [-0.1, -0.05) is 0 Å². The first kappa shape index (κ1) is 17.3. The van der Waals surface area contributed by atoms with Gasteiger partial charge in [-0.05, 0) is 35.8 Å². The molecule has 0 amide bonds. The van der Waals surface area contributed by atoms with Crippen molar-refractivity contribution in [2.24, 2.45) is 5.84 Å². The largest absolute Gasteiger partial charge is 0.383 e. The first-order valence-corrected chi connectivity index (χ1v) is 8.20. The Morgan fingerprint density at radius 2 is 2.20 bits per heavy atom. The molecular formula is C11H19BrN4O3S. The Morgan fingerprint density at radius 1 is 1.55 bits per heavy atom. The van der Waals surface area contributed by atoms with Crippen LogP contribution in [0, 0.1) is 0 Å². The summed E-state index contributed by atoms with van der Waals surface area (Å²) in [6, 6.07) is 1.26. The molecule has 0 aliphatic carbocycles. The summed E-state index contributed by atoms with van der Waals surface area (Å²) >= 11 is 3.22. The lowest BCUT2D eigenvalue weighted by Gasteiger charge is -2.26. The fourth-order valence-electron chi connectivity index (χ4n) is 1.69. The van der Waals surface area contributed by atoms with Gasteiger partial charge in [0.05, 0.1) is 6.61 Å². The Kier molecular flexibility index (Phi) is 6.34. The van der Waals surface area contributed by atoms with E-state index in [1.165, 1.54) is 23.7 Å². The van der Waals surface area contributed by atoms with Crippen LogP contribution in [0.2, 0.25) is 0 Å². The second kappa shape index (κ2) is 7.32. The quantitative estimate of drug-likeness (QED) is 0.555. The van der Waals surface area contributed by atoms with Gasteiger partial charge in [0.2, 0.25) is 10.0 Å². The van der Waals surface area contributed by atoms with Gasteiger partial charge in [0.25, 0.3) is 0 Å².